The molecule has 0 saturated carbocycles. The Kier molecular flexibility index (Phi) is 8.10. The second-order valence-corrected chi connectivity index (χ2v) is 7.86. The van der Waals surface area contributed by atoms with E-state index in [4.69, 9.17) is 10.5 Å². The average Bonchev–Trinajstić information content (AvgIpc) is 2.48. The van der Waals surface area contributed by atoms with Crippen LogP contribution in [0, 0.1) is 5.92 Å². The van der Waals surface area contributed by atoms with Crippen LogP contribution >= 0.6 is 0 Å². The first-order valence-corrected chi connectivity index (χ1v) is 8.90. The van der Waals surface area contributed by atoms with Crippen molar-refractivity contribution in [2.24, 2.45) is 11.7 Å². The molecule has 5 nitrogen and oxygen atoms in total. The molecule has 0 aliphatic rings. The van der Waals surface area contributed by atoms with Crippen molar-refractivity contribution in [3.8, 4) is 0 Å². The van der Waals surface area contributed by atoms with E-state index >= 15 is 0 Å². The Morgan fingerprint density at radius 1 is 1.12 bits per heavy atom. The molecule has 1 aromatic carbocycles. The summed E-state index contributed by atoms with van der Waals surface area (Å²) in [4.78, 5) is 24.3. The van der Waals surface area contributed by atoms with Crippen LogP contribution in [-0.4, -0.2) is 29.6 Å². The predicted octanol–water partition coefficient (Wildman–Crippen LogP) is 2.82. The molecule has 0 fully saturated rings. The minimum atomic E-state index is -0.579. The molecule has 5 heteroatoms. The third kappa shape index (κ3) is 8.68. The topological polar surface area (TPSA) is 81.4 Å². The van der Waals surface area contributed by atoms with E-state index in [0.29, 0.717) is 25.2 Å². The summed E-state index contributed by atoms with van der Waals surface area (Å²) in [5.74, 6) is -0.501. The van der Waals surface area contributed by atoms with Crippen molar-refractivity contribution < 1.29 is 14.3 Å². The molecular formula is C20H32N2O3. The maximum absolute atomic E-state index is 12.6. The average molecular weight is 348 g/mol. The fourth-order valence-corrected chi connectivity index (χ4v) is 2.58. The minimum Gasteiger partial charge on any atom is -0.459 e. The normalized spacial score (nSPS) is 14.2. The number of carbonyl (C=O) groups is 2. The molecule has 25 heavy (non-hydrogen) atoms. The number of aryl methyl sites for hydroxylation is 1. The largest absolute Gasteiger partial charge is 0.459 e. The van der Waals surface area contributed by atoms with Gasteiger partial charge in [0.15, 0.2) is 0 Å². The number of ether oxygens (including phenoxy) is 1. The number of nitrogens with one attached hydrogen (secondary N) is 1. The van der Waals surface area contributed by atoms with Gasteiger partial charge < -0.3 is 10.5 Å². The summed E-state index contributed by atoms with van der Waals surface area (Å²) >= 11 is 0. The van der Waals surface area contributed by atoms with Crippen molar-refractivity contribution in [3.63, 3.8) is 0 Å². The molecule has 1 amide bonds. The lowest BCUT2D eigenvalue weighted by atomic mass is 10.00. The monoisotopic (exact) mass is 348 g/mol. The smallest absolute Gasteiger partial charge is 0.323 e. The lowest BCUT2D eigenvalue weighted by Gasteiger charge is -2.27. The quantitative estimate of drug-likeness (QED) is 0.672. The summed E-state index contributed by atoms with van der Waals surface area (Å²) in [5, 5.41) is 3.13. The van der Waals surface area contributed by atoms with E-state index < -0.39 is 23.6 Å². The number of benzene rings is 1. The van der Waals surface area contributed by atoms with E-state index in [0.717, 1.165) is 5.56 Å². The molecule has 0 aliphatic carbocycles. The van der Waals surface area contributed by atoms with Gasteiger partial charge in [-0.25, -0.2) is 0 Å². The lowest BCUT2D eigenvalue weighted by Crippen LogP contribution is -2.51. The molecule has 1 rings (SSSR count). The van der Waals surface area contributed by atoms with Gasteiger partial charge in [0, 0.05) is 0 Å². The molecule has 0 heterocycles. The highest BCUT2D eigenvalue weighted by molar-refractivity contribution is 5.82. The van der Waals surface area contributed by atoms with Crippen LogP contribution < -0.4 is 11.1 Å². The lowest BCUT2D eigenvalue weighted by molar-refractivity contribution is -0.158. The zero-order valence-electron chi connectivity index (χ0n) is 16.0. The van der Waals surface area contributed by atoms with E-state index in [-0.39, 0.29) is 5.97 Å². The molecule has 0 spiro atoms. The third-order valence-electron chi connectivity index (χ3n) is 3.71. The molecule has 0 radical (unpaired) electrons. The van der Waals surface area contributed by atoms with Crippen LogP contribution in [0.4, 0.5) is 0 Å². The van der Waals surface area contributed by atoms with E-state index in [1.165, 1.54) is 0 Å². The Bertz CT molecular complexity index is 550. The van der Waals surface area contributed by atoms with Crippen LogP contribution in [0.25, 0.3) is 0 Å². The summed E-state index contributed by atoms with van der Waals surface area (Å²) in [6.07, 6.45) is 1.84. The molecule has 140 valence electrons. The molecule has 2 atom stereocenters. The number of carbonyl (C=O) groups excluding carboxylic acids is 2. The maximum atomic E-state index is 12.6. The number of hydrogen-bond donors (Lipinski definition) is 2. The van der Waals surface area contributed by atoms with Gasteiger partial charge in [-0.1, -0.05) is 44.2 Å². The van der Waals surface area contributed by atoms with Crippen molar-refractivity contribution in [2.45, 2.75) is 71.6 Å². The summed E-state index contributed by atoms with van der Waals surface area (Å²) in [6, 6.07) is 8.81. The number of nitrogens with two attached hydrogens (primary N) is 1. The van der Waals surface area contributed by atoms with Crippen LogP contribution in [0.1, 0.15) is 53.0 Å². The molecule has 0 bridgehead atoms. The molecule has 0 aromatic heterocycles. The summed E-state index contributed by atoms with van der Waals surface area (Å²) in [6.45, 7) is 9.53. The maximum Gasteiger partial charge on any atom is 0.323 e. The van der Waals surface area contributed by atoms with Gasteiger partial charge in [0.05, 0.1) is 6.04 Å². The number of rotatable bonds is 9. The first-order chi connectivity index (χ1) is 11.6. The zero-order valence-corrected chi connectivity index (χ0v) is 16.0. The molecule has 1 aromatic rings. The predicted molar refractivity (Wildman–Crippen MR) is 100.0 cm³/mol. The number of esters is 1. The molecule has 3 N–H and O–H groups in total. The van der Waals surface area contributed by atoms with E-state index in [1.54, 1.807) is 0 Å². The standard InChI is InChI=1S/C20H32N2O3/c1-14(2)13-17(18(21)23)22-16(19(24)25-20(3,4)5)12-11-15-9-7-6-8-10-15/h6-10,14,16-17,22H,11-13H2,1-5H3,(H2,21,23)/t16-,17?/m1/s1. The van der Waals surface area contributed by atoms with Gasteiger partial charge in [0.25, 0.3) is 0 Å². The Hall–Kier alpha value is -1.88. The third-order valence-corrected chi connectivity index (χ3v) is 3.71. The van der Waals surface area contributed by atoms with Gasteiger partial charge in [-0.2, -0.15) is 0 Å². The summed E-state index contributed by atoms with van der Waals surface area (Å²) in [5.41, 5.74) is 6.07. The zero-order chi connectivity index (χ0) is 19.0. The highest BCUT2D eigenvalue weighted by Gasteiger charge is 2.29. The molecule has 0 saturated heterocycles. The van der Waals surface area contributed by atoms with Gasteiger partial charge >= 0.3 is 5.97 Å². The van der Waals surface area contributed by atoms with Gasteiger partial charge in [-0.3, -0.25) is 14.9 Å². The molecule has 0 aliphatic heterocycles. The highest BCUT2D eigenvalue weighted by Crippen LogP contribution is 2.14. The summed E-state index contributed by atoms with van der Waals surface area (Å²) < 4.78 is 5.52. The van der Waals surface area contributed by atoms with Crippen molar-refractivity contribution >= 4 is 11.9 Å². The van der Waals surface area contributed by atoms with Crippen LogP contribution in [0.3, 0.4) is 0 Å². The van der Waals surface area contributed by atoms with Crippen LogP contribution in [-0.2, 0) is 20.7 Å². The molecule has 1 unspecified atom stereocenters. The SMILES string of the molecule is CC(C)CC(N[C@H](CCc1ccccc1)C(=O)OC(C)(C)C)C(N)=O. The Labute approximate surface area is 151 Å². The van der Waals surface area contributed by atoms with Gasteiger partial charge in [0.2, 0.25) is 5.91 Å². The van der Waals surface area contributed by atoms with Crippen molar-refractivity contribution in [2.75, 3.05) is 0 Å². The van der Waals surface area contributed by atoms with Gasteiger partial charge in [-0.15, -0.1) is 0 Å². The fourth-order valence-electron chi connectivity index (χ4n) is 2.58. The van der Waals surface area contributed by atoms with E-state index in [2.05, 4.69) is 5.32 Å². The Morgan fingerprint density at radius 3 is 2.20 bits per heavy atom. The second kappa shape index (κ2) is 9.56. The van der Waals surface area contributed by atoms with Crippen LogP contribution in [0.2, 0.25) is 0 Å². The van der Waals surface area contributed by atoms with Gasteiger partial charge in [0.1, 0.15) is 11.6 Å². The van der Waals surface area contributed by atoms with Crippen molar-refractivity contribution in [3.05, 3.63) is 35.9 Å². The highest BCUT2D eigenvalue weighted by atomic mass is 16.6. The van der Waals surface area contributed by atoms with Gasteiger partial charge in [-0.05, 0) is 51.5 Å². The number of amides is 1. The number of hydrogen-bond acceptors (Lipinski definition) is 4. The number of primary amides is 1. The van der Waals surface area contributed by atoms with Crippen molar-refractivity contribution in [1.29, 1.82) is 0 Å². The summed E-state index contributed by atoms with van der Waals surface area (Å²) in [7, 11) is 0. The Morgan fingerprint density at radius 2 is 1.72 bits per heavy atom. The van der Waals surface area contributed by atoms with Crippen LogP contribution in [0.5, 0.6) is 0 Å². The first kappa shape index (κ1) is 21.2. The Balaban J connectivity index is 2.85. The minimum absolute atomic E-state index is 0.290. The van der Waals surface area contributed by atoms with E-state index in [1.807, 2.05) is 65.0 Å². The van der Waals surface area contributed by atoms with Crippen LogP contribution in [0.15, 0.2) is 30.3 Å². The second-order valence-electron chi connectivity index (χ2n) is 7.86. The fraction of sp³-hybridized carbons (Fsp3) is 0.600. The molecular weight excluding hydrogens is 316 g/mol. The first-order valence-electron chi connectivity index (χ1n) is 8.90. The van der Waals surface area contributed by atoms with E-state index in [9.17, 15) is 9.59 Å². The van der Waals surface area contributed by atoms with Crippen molar-refractivity contribution in [1.82, 2.24) is 5.32 Å².